The number of methoxy groups -OCH3 is 2. The first-order valence-electron chi connectivity index (χ1n) is 8.90. The first-order chi connectivity index (χ1) is 11.6. The fourth-order valence-electron chi connectivity index (χ4n) is 3.38. The minimum absolute atomic E-state index is 0.0191. The van der Waals surface area contributed by atoms with Crippen LogP contribution in [-0.4, -0.2) is 69.4 Å². The van der Waals surface area contributed by atoms with E-state index in [2.05, 4.69) is 10.6 Å². The number of piperidine rings is 1. The van der Waals surface area contributed by atoms with Gasteiger partial charge in [-0.05, 0) is 31.6 Å². The van der Waals surface area contributed by atoms with Crippen LogP contribution in [0.25, 0.3) is 0 Å². The van der Waals surface area contributed by atoms with Gasteiger partial charge in [0.1, 0.15) is 6.61 Å². The largest absolute Gasteiger partial charge is 0.385 e. The number of likely N-dealkylation sites (tertiary alicyclic amines) is 1. The van der Waals surface area contributed by atoms with E-state index in [9.17, 15) is 9.59 Å². The van der Waals surface area contributed by atoms with Crippen molar-refractivity contribution in [3.8, 4) is 0 Å². The summed E-state index contributed by atoms with van der Waals surface area (Å²) < 4.78 is 9.92. The molecule has 7 nitrogen and oxygen atoms in total. The maximum absolute atomic E-state index is 12.2. The van der Waals surface area contributed by atoms with Crippen LogP contribution < -0.4 is 10.6 Å². The lowest BCUT2D eigenvalue weighted by Crippen LogP contribution is -2.58. The van der Waals surface area contributed by atoms with E-state index in [1.54, 1.807) is 7.11 Å². The van der Waals surface area contributed by atoms with Crippen LogP contribution in [-0.2, 0) is 14.3 Å². The van der Waals surface area contributed by atoms with Crippen molar-refractivity contribution in [1.82, 2.24) is 15.5 Å². The highest BCUT2D eigenvalue weighted by molar-refractivity contribution is 5.78. The van der Waals surface area contributed by atoms with Crippen LogP contribution in [0, 0.1) is 5.92 Å². The molecular weight excluding hydrogens is 310 g/mol. The molecule has 0 aromatic heterocycles. The summed E-state index contributed by atoms with van der Waals surface area (Å²) in [5.41, 5.74) is -0.177. The summed E-state index contributed by atoms with van der Waals surface area (Å²) >= 11 is 0. The van der Waals surface area contributed by atoms with Gasteiger partial charge >= 0.3 is 6.03 Å². The number of nitrogens with one attached hydrogen (secondary N) is 2. The van der Waals surface area contributed by atoms with E-state index in [4.69, 9.17) is 9.47 Å². The molecule has 2 aliphatic rings. The summed E-state index contributed by atoms with van der Waals surface area (Å²) in [6.07, 6.45) is 5.96. The van der Waals surface area contributed by atoms with Gasteiger partial charge < -0.3 is 25.0 Å². The number of carbonyl (C=O) groups excluding carboxylic acids is 2. The Bertz CT molecular complexity index is 418. The van der Waals surface area contributed by atoms with Gasteiger partial charge in [0.2, 0.25) is 5.91 Å². The van der Waals surface area contributed by atoms with Gasteiger partial charge in [0.25, 0.3) is 0 Å². The molecule has 1 saturated heterocycles. The van der Waals surface area contributed by atoms with Crippen molar-refractivity contribution in [2.75, 3.05) is 47.1 Å². The highest BCUT2D eigenvalue weighted by atomic mass is 16.5. The zero-order valence-electron chi connectivity index (χ0n) is 14.9. The molecule has 1 saturated carbocycles. The van der Waals surface area contributed by atoms with Gasteiger partial charge in [0, 0.05) is 46.0 Å². The number of rotatable bonds is 9. The van der Waals surface area contributed by atoms with E-state index < -0.39 is 0 Å². The van der Waals surface area contributed by atoms with E-state index in [-0.39, 0.29) is 24.1 Å². The number of nitrogens with zero attached hydrogens (tertiary/aromatic N) is 1. The topological polar surface area (TPSA) is 79.9 Å². The van der Waals surface area contributed by atoms with E-state index in [1.165, 1.54) is 20.0 Å². The molecule has 1 heterocycles. The zero-order chi connectivity index (χ0) is 17.4. The molecule has 7 heteroatoms. The molecule has 138 valence electrons. The average Bonchev–Trinajstić information content (AvgIpc) is 3.36. The minimum atomic E-state index is -0.177. The van der Waals surface area contributed by atoms with Crippen LogP contribution in [0.1, 0.15) is 38.5 Å². The number of carbonyl (C=O) groups is 2. The third kappa shape index (κ3) is 5.94. The van der Waals surface area contributed by atoms with Crippen molar-refractivity contribution >= 4 is 11.9 Å². The summed E-state index contributed by atoms with van der Waals surface area (Å²) in [5.74, 6) is 0.665. The van der Waals surface area contributed by atoms with Gasteiger partial charge in [-0.25, -0.2) is 4.79 Å². The lowest BCUT2D eigenvalue weighted by molar-refractivity contribution is -0.127. The van der Waals surface area contributed by atoms with E-state index >= 15 is 0 Å². The predicted octanol–water partition coefficient (Wildman–Crippen LogP) is 1.13. The second kappa shape index (κ2) is 9.22. The fourth-order valence-corrected chi connectivity index (χ4v) is 3.38. The summed E-state index contributed by atoms with van der Waals surface area (Å²) in [6.45, 7) is 2.72. The van der Waals surface area contributed by atoms with Gasteiger partial charge in [-0.2, -0.15) is 0 Å². The van der Waals surface area contributed by atoms with Crippen molar-refractivity contribution in [3.05, 3.63) is 0 Å². The molecule has 2 N–H and O–H groups in total. The Balaban J connectivity index is 1.81. The third-order valence-electron chi connectivity index (χ3n) is 4.87. The van der Waals surface area contributed by atoms with Crippen LogP contribution in [0.2, 0.25) is 0 Å². The first-order valence-corrected chi connectivity index (χ1v) is 8.90. The van der Waals surface area contributed by atoms with Crippen molar-refractivity contribution in [3.63, 3.8) is 0 Å². The van der Waals surface area contributed by atoms with Gasteiger partial charge in [-0.15, -0.1) is 0 Å². The Labute approximate surface area is 144 Å². The van der Waals surface area contributed by atoms with E-state index in [0.29, 0.717) is 26.2 Å². The van der Waals surface area contributed by atoms with Gasteiger partial charge in [0.05, 0.1) is 0 Å². The molecule has 0 spiro atoms. The van der Waals surface area contributed by atoms with Crippen LogP contribution in [0.3, 0.4) is 0 Å². The Kier molecular flexibility index (Phi) is 7.30. The standard InChI is InChI=1S/C17H31N3O4/c1-23-11-3-8-18-16(22)20-9-6-17(7-10-20,12-14-4-5-14)19-15(21)13-24-2/h14H,3-13H2,1-2H3,(H,18,22)(H,19,21). The molecule has 0 atom stereocenters. The molecule has 1 aliphatic carbocycles. The number of ether oxygens (including phenoxy) is 2. The molecule has 24 heavy (non-hydrogen) atoms. The molecular formula is C17H31N3O4. The molecule has 0 unspecified atom stereocenters. The highest BCUT2D eigenvalue weighted by Crippen LogP contribution is 2.40. The highest BCUT2D eigenvalue weighted by Gasteiger charge is 2.41. The van der Waals surface area contributed by atoms with Gasteiger partial charge in [-0.1, -0.05) is 12.8 Å². The van der Waals surface area contributed by atoms with Crippen molar-refractivity contribution in [2.24, 2.45) is 5.92 Å². The summed E-state index contributed by atoms with van der Waals surface area (Å²) in [7, 11) is 3.19. The maximum Gasteiger partial charge on any atom is 0.317 e. The fraction of sp³-hybridized carbons (Fsp3) is 0.882. The molecule has 0 aromatic rings. The number of hydrogen-bond acceptors (Lipinski definition) is 4. The quantitative estimate of drug-likeness (QED) is 0.616. The monoisotopic (exact) mass is 341 g/mol. The second-order valence-electron chi connectivity index (χ2n) is 6.97. The lowest BCUT2D eigenvalue weighted by Gasteiger charge is -2.42. The maximum atomic E-state index is 12.2. The van der Waals surface area contributed by atoms with E-state index in [0.717, 1.165) is 31.6 Å². The van der Waals surface area contributed by atoms with Crippen molar-refractivity contribution in [1.29, 1.82) is 0 Å². The summed E-state index contributed by atoms with van der Waals surface area (Å²) in [4.78, 5) is 26.0. The lowest BCUT2D eigenvalue weighted by atomic mass is 9.82. The molecule has 1 aliphatic heterocycles. The first kappa shape index (κ1) is 19.0. The molecule has 2 fully saturated rings. The van der Waals surface area contributed by atoms with E-state index in [1.807, 2.05) is 4.90 Å². The van der Waals surface area contributed by atoms with Gasteiger partial charge in [-0.3, -0.25) is 4.79 Å². The Morgan fingerprint density at radius 1 is 1.17 bits per heavy atom. The molecule has 0 bridgehead atoms. The van der Waals surface area contributed by atoms with Gasteiger partial charge in [0.15, 0.2) is 0 Å². The number of amides is 3. The summed E-state index contributed by atoms with van der Waals surface area (Å²) in [6, 6.07) is -0.0191. The van der Waals surface area contributed by atoms with Crippen molar-refractivity contribution in [2.45, 2.75) is 44.1 Å². The van der Waals surface area contributed by atoms with Crippen LogP contribution in [0.5, 0.6) is 0 Å². The van der Waals surface area contributed by atoms with Crippen molar-refractivity contribution < 1.29 is 19.1 Å². The second-order valence-corrected chi connectivity index (χ2v) is 6.97. The third-order valence-corrected chi connectivity index (χ3v) is 4.87. The molecule has 0 radical (unpaired) electrons. The molecule has 0 aromatic carbocycles. The average molecular weight is 341 g/mol. The minimum Gasteiger partial charge on any atom is -0.385 e. The normalized spacial score (nSPS) is 19.8. The Morgan fingerprint density at radius 3 is 2.46 bits per heavy atom. The molecule has 3 amide bonds. The summed E-state index contributed by atoms with van der Waals surface area (Å²) in [5, 5.41) is 6.11. The Hall–Kier alpha value is -1.34. The molecule has 2 rings (SSSR count). The smallest absolute Gasteiger partial charge is 0.317 e. The SMILES string of the molecule is COCCCNC(=O)N1CCC(CC2CC2)(NC(=O)COC)CC1. The van der Waals surface area contributed by atoms with Crippen LogP contribution in [0.15, 0.2) is 0 Å². The van der Waals surface area contributed by atoms with Crippen LogP contribution in [0.4, 0.5) is 4.79 Å². The van der Waals surface area contributed by atoms with Crippen LogP contribution >= 0.6 is 0 Å². The predicted molar refractivity (Wildman–Crippen MR) is 90.8 cm³/mol. The zero-order valence-corrected chi connectivity index (χ0v) is 14.9. The Morgan fingerprint density at radius 2 is 1.88 bits per heavy atom. The number of hydrogen-bond donors (Lipinski definition) is 2. The number of urea groups is 1.